The summed E-state index contributed by atoms with van der Waals surface area (Å²) in [6.07, 6.45) is 1.97. The van der Waals surface area contributed by atoms with E-state index in [1.807, 2.05) is 36.4 Å². The van der Waals surface area contributed by atoms with Crippen molar-refractivity contribution in [3.05, 3.63) is 79.8 Å². The molecule has 7 heteroatoms. The van der Waals surface area contributed by atoms with E-state index < -0.39 is 4.92 Å². The molecule has 3 rings (SSSR count). The van der Waals surface area contributed by atoms with Crippen LogP contribution in [0.3, 0.4) is 0 Å². The molecule has 2 aromatic rings. The molecule has 1 aliphatic heterocycles. The first-order chi connectivity index (χ1) is 10.6. The van der Waals surface area contributed by atoms with Crippen LogP contribution in [0.2, 0.25) is 5.02 Å². The summed E-state index contributed by atoms with van der Waals surface area (Å²) in [5.41, 5.74) is 7.61. The number of nitrogens with zero attached hydrogens (tertiary/aromatic N) is 1. The van der Waals surface area contributed by atoms with E-state index in [2.05, 4.69) is 10.9 Å². The Labute approximate surface area is 136 Å². The van der Waals surface area contributed by atoms with Gasteiger partial charge in [0.2, 0.25) is 0 Å². The lowest BCUT2D eigenvalue weighted by Crippen LogP contribution is -2.24. The monoisotopic (exact) mass is 333 g/mol. The summed E-state index contributed by atoms with van der Waals surface area (Å²) in [7, 11) is 0. The molecule has 0 amide bonds. The van der Waals surface area contributed by atoms with Gasteiger partial charge in [-0.1, -0.05) is 59.8 Å². The second-order valence-corrected chi connectivity index (χ2v) is 6.17. The number of hydrazine groups is 1. The zero-order valence-corrected chi connectivity index (χ0v) is 12.9. The van der Waals surface area contributed by atoms with Crippen LogP contribution in [0.5, 0.6) is 0 Å². The highest BCUT2D eigenvalue weighted by molar-refractivity contribution is 8.03. The molecule has 112 valence electrons. The summed E-state index contributed by atoms with van der Waals surface area (Å²) < 4.78 is 0. The van der Waals surface area contributed by atoms with Gasteiger partial charge in [0.1, 0.15) is 5.37 Å². The predicted molar refractivity (Wildman–Crippen MR) is 89.1 cm³/mol. The summed E-state index contributed by atoms with van der Waals surface area (Å²) in [5.74, 6) is 0. The molecule has 1 saturated heterocycles. The van der Waals surface area contributed by atoms with Gasteiger partial charge < -0.3 is 5.43 Å². The van der Waals surface area contributed by atoms with Crippen LogP contribution in [-0.4, -0.2) is 4.92 Å². The Morgan fingerprint density at radius 1 is 1.18 bits per heavy atom. The lowest BCUT2D eigenvalue weighted by atomic mass is 10.2. The van der Waals surface area contributed by atoms with E-state index >= 15 is 0 Å². The van der Waals surface area contributed by atoms with Gasteiger partial charge in [0.05, 0.1) is 20.5 Å². The molecule has 1 fully saturated rings. The normalized spacial score (nSPS) is 19.1. The van der Waals surface area contributed by atoms with Gasteiger partial charge in [-0.25, -0.2) is 5.43 Å². The number of nitro groups is 1. The SMILES string of the molecule is O=[N+]([O-])c1cccc(Cl)c1[C@H]1NN/C(=C\c2ccccc2)S1. The van der Waals surface area contributed by atoms with Gasteiger partial charge in [-0.05, 0) is 17.7 Å². The van der Waals surface area contributed by atoms with Gasteiger partial charge in [0, 0.05) is 6.07 Å². The number of hydrogen-bond donors (Lipinski definition) is 2. The van der Waals surface area contributed by atoms with Gasteiger partial charge >= 0.3 is 0 Å². The summed E-state index contributed by atoms with van der Waals surface area (Å²) in [6, 6.07) is 14.5. The Balaban J connectivity index is 1.88. The van der Waals surface area contributed by atoms with Gasteiger partial charge in [-0.2, -0.15) is 0 Å². The molecule has 2 N–H and O–H groups in total. The van der Waals surface area contributed by atoms with Crippen LogP contribution < -0.4 is 10.9 Å². The fourth-order valence-corrected chi connectivity index (χ4v) is 3.57. The molecular weight excluding hydrogens is 322 g/mol. The van der Waals surface area contributed by atoms with E-state index in [-0.39, 0.29) is 11.1 Å². The van der Waals surface area contributed by atoms with Crippen LogP contribution in [0.1, 0.15) is 16.5 Å². The number of benzene rings is 2. The minimum absolute atomic E-state index is 0.0141. The minimum Gasteiger partial charge on any atom is -0.314 e. The number of nitrogens with one attached hydrogen (secondary N) is 2. The first-order valence-electron chi connectivity index (χ1n) is 6.53. The minimum atomic E-state index is -0.414. The fraction of sp³-hybridized carbons (Fsp3) is 0.0667. The highest BCUT2D eigenvalue weighted by Gasteiger charge is 2.30. The number of nitro benzene ring substituents is 1. The van der Waals surface area contributed by atoms with Crippen LogP contribution in [0.15, 0.2) is 53.6 Å². The van der Waals surface area contributed by atoms with Crippen LogP contribution in [-0.2, 0) is 0 Å². The molecular formula is C15H12ClN3O2S. The maximum atomic E-state index is 11.2. The van der Waals surface area contributed by atoms with Gasteiger partial charge in [0.25, 0.3) is 5.69 Å². The second-order valence-electron chi connectivity index (χ2n) is 4.62. The summed E-state index contributed by atoms with van der Waals surface area (Å²) in [6.45, 7) is 0. The molecule has 0 radical (unpaired) electrons. The first-order valence-corrected chi connectivity index (χ1v) is 7.78. The average molecular weight is 334 g/mol. The second kappa shape index (κ2) is 6.39. The third-order valence-corrected chi connectivity index (χ3v) is 4.55. The molecule has 22 heavy (non-hydrogen) atoms. The Bertz CT molecular complexity index is 737. The molecule has 0 spiro atoms. The van der Waals surface area contributed by atoms with Crippen molar-refractivity contribution in [1.29, 1.82) is 0 Å². The fourth-order valence-electron chi connectivity index (χ4n) is 2.17. The van der Waals surface area contributed by atoms with Gasteiger partial charge in [0.15, 0.2) is 0 Å². The highest BCUT2D eigenvalue weighted by atomic mass is 35.5. The van der Waals surface area contributed by atoms with Crippen LogP contribution in [0.4, 0.5) is 5.69 Å². The molecule has 2 aromatic carbocycles. The molecule has 0 unspecified atom stereocenters. The summed E-state index contributed by atoms with van der Waals surface area (Å²) in [4.78, 5) is 10.8. The maximum Gasteiger partial charge on any atom is 0.276 e. The van der Waals surface area contributed by atoms with E-state index in [1.165, 1.54) is 17.8 Å². The summed E-state index contributed by atoms with van der Waals surface area (Å²) in [5, 5.41) is 12.1. The van der Waals surface area contributed by atoms with Crippen molar-refractivity contribution >= 4 is 35.1 Å². The quantitative estimate of drug-likeness (QED) is 0.654. The third-order valence-electron chi connectivity index (χ3n) is 3.16. The standard InChI is InChI=1S/C15H12ClN3O2S/c16-11-7-4-8-12(19(20)21)14(11)15-18-17-13(22-15)9-10-5-2-1-3-6-10/h1-9,15,17-18H/b13-9+/t15-/m0/s1. The number of halogens is 1. The predicted octanol–water partition coefficient (Wildman–Crippen LogP) is 4.09. The molecule has 1 aliphatic rings. The summed E-state index contributed by atoms with van der Waals surface area (Å²) >= 11 is 7.61. The Morgan fingerprint density at radius 2 is 1.95 bits per heavy atom. The lowest BCUT2D eigenvalue weighted by molar-refractivity contribution is -0.385. The van der Waals surface area contributed by atoms with Crippen LogP contribution in [0, 0.1) is 10.1 Å². The molecule has 0 aromatic heterocycles. The molecule has 0 aliphatic carbocycles. The van der Waals surface area contributed by atoms with E-state index in [4.69, 9.17) is 11.6 Å². The van der Waals surface area contributed by atoms with Crippen molar-refractivity contribution in [2.24, 2.45) is 0 Å². The molecule has 1 atom stereocenters. The van der Waals surface area contributed by atoms with Crippen molar-refractivity contribution in [1.82, 2.24) is 10.9 Å². The molecule has 0 bridgehead atoms. The van der Waals surface area contributed by atoms with Crippen molar-refractivity contribution in [2.45, 2.75) is 5.37 Å². The van der Waals surface area contributed by atoms with E-state index in [1.54, 1.807) is 12.1 Å². The number of rotatable bonds is 3. The smallest absolute Gasteiger partial charge is 0.276 e. The Hall–Kier alpha value is -2.02. The number of hydrogen-bond acceptors (Lipinski definition) is 5. The Kier molecular flexibility index (Phi) is 4.33. The van der Waals surface area contributed by atoms with Crippen LogP contribution in [0.25, 0.3) is 6.08 Å². The van der Waals surface area contributed by atoms with E-state index in [0.717, 1.165) is 10.6 Å². The van der Waals surface area contributed by atoms with Crippen LogP contribution >= 0.6 is 23.4 Å². The topological polar surface area (TPSA) is 67.2 Å². The third kappa shape index (κ3) is 3.09. The van der Waals surface area contributed by atoms with Crippen molar-refractivity contribution in [2.75, 3.05) is 0 Å². The lowest BCUT2D eigenvalue weighted by Gasteiger charge is -2.10. The largest absolute Gasteiger partial charge is 0.314 e. The average Bonchev–Trinajstić information content (AvgIpc) is 2.96. The van der Waals surface area contributed by atoms with Crippen molar-refractivity contribution in [3.63, 3.8) is 0 Å². The van der Waals surface area contributed by atoms with Gasteiger partial charge in [-0.15, -0.1) is 0 Å². The Morgan fingerprint density at radius 3 is 2.68 bits per heavy atom. The maximum absolute atomic E-state index is 11.2. The molecule has 5 nitrogen and oxygen atoms in total. The van der Waals surface area contributed by atoms with Crippen molar-refractivity contribution < 1.29 is 4.92 Å². The number of thioether (sulfide) groups is 1. The molecule has 1 heterocycles. The first kappa shape index (κ1) is 14.9. The van der Waals surface area contributed by atoms with E-state index in [9.17, 15) is 10.1 Å². The zero-order valence-electron chi connectivity index (χ0n) is 11.3. The molecule has 0 saturated carbocycles. The van der Waals surface area contributed by atoms with E-state index in [0.29, 0.717) is 10.6 Å². The van der Waals surface area contributed by atoms with Crippen molar-refractivity contribution in [3.8, 4) is 0 Å². The zero-order chi connectivity index (χ0) is 15.5. The van der Waals surface area contributed by atoms with Gasteiger partial charge in [-0.3, -0.25) is 10.1 Å². The highest BCUT2D eigenvalue weighted by Crippen LogP contribution is 2.42.